The van der Waals surface area contributed by atoms with Crippen molar-refractivity contribution in [2.75, 3.05) is 13.2 Å². The number of esters is 3. The van der Waals surface area contributed by atoms with Crippen LogP contribution in [0.5, 0.6) is 0 Å². The van der Waals surface area contributed by atoms with E-state index in [9.17, 15) is 24.0 Å². The second kappa shape index (κ2) is 83.4. The van der Waals surface area contributed by atoms with Crippen molar-refractivity contribution in [1.29, 1.82) is 0 Å². The first-order valence-electron chi connectivity index (χ1n) is 40.5. The number of carbonyl (C=O) groups is 5. The van der Waals surface area contributed by atoms with E-state index >= 15 is 0 Å². The summed E-state index contributed by atoms with van der Waals surface area (Å²) in [7, 11) is 0. The molecule has 0 saturated carbocycles. The van der Waals surface area contributed by atoms with Crippen LogP contribution in [0.2, 0.25) is 0 Å². The van der Waals surface area contributed by atoms with Gasteiger partial charge in [0.05, 0.1) is 0 Å². The van der Waals surface area contributed by atoms with Crippen LogP contribution in [-0.4, -0.2) is 59.4 Å². The normalized spacial score (nSPS) is 11.1. The van der Waals surface area contributed by atoms with E-state index in [1.54, 1.807) is 0 Å². The van der Waals surface area contributed by atoms with Crippen molar-refractivity contribution in [3.63, 3.8) is 0 Å². The monoisotopic (exact) mass is 1290 g/mol. The average molecular weight is 1290 g/mol. The lowest BCUT2D eigenvalue weighted by Crippen LogP contribution is -2.30. The maximum atomic E-state index is 12.8. The van der Waals surface area contributed by atoms with Crippen molar-refractivity contribution < 1.29 is 48.4 Å². The Bertz CT molecular complexity index is 1370. The molecule has 0 aromatic carbocycles. The first-order valence-corrected chi connectivity index (χ1v) is 40.5. The van der Waals surface area contributed by atoms with Crippen LogP contribution in [0.1, 0.15) is 471 Å². The predicted octanol–water partition coefficient (Wildman–Crippen LogP) is 26.8. The predicted molar refractivity (Wildman–Crippen MR) is 389 cm³/mol. The van der Waals surface area contributed by atoms with E-state index in [-0.39, 0.29) is 31.1 Å². The second-order valence-corrected chi connectivity index (χ2v) is 27.5. The van der Waals surface area contributed by atoms with Crippen molar-refractivity contribution in [1.82, 2.24) is 0 Å². The Morgan fingerprint density at radius 1 is 0.209 bits per heavy atom. The Morgan fingerprint density at radius 3 is 0.516 bits per heavy atom. The minimum Gasteiger partial charge on any atom is -0.481 e. The molecule has 0 aliphatic heterocycles. The van der Waals surface area contributed by atoms with Gasteiger partial charge >= 0.3 is 29.8 Å². The fourth-order valence-corrected chi connectivity index (χ4v) is 12.0. The van der Waals surface area contributed by atoms with Crippen LogP contribution in [0.4, 0.5) is 0 Å². The summed E-state index contributed by atoms with van der Waals surface area (Å²) in [5.74, 6) is -2.15. The summed E-state index contributed by atoms with van der Waals surface area (Å²) in [5, 5.41) is 16.8. The largest absolute Gasteiger partial charge is 0.481 e. The Hall–Kier alpha value is -2.65. The van der Waals surface area contributed by atoms with Crippen LogP contribution >= 0.6 is 0 Å². The highest BCUT2D eigenvalue weighted by molar-refractivity contribution is 5.71. The molecule has 2 N–H and O–H groups in total. The summed E-state index contributed by atoms with van der Waals surface area (Å²) in [4.78, 5) is 58.5. The van der Waals surface area contributed by atoms with Crippen LogP contribution in [-0.2, 0) is 38.2 Å². The summed E-state index contributed by atoms with van der Waals surface area (Å²) in [6, 6.07) is 0. The maximum absolute atomic E-state index is 12.8. The van der Waals surface area contributed by atoms with Crippen molar-refractivity contribution in [2.45, 2.75) is 477 Å². The third kappa shape index (κ3) is 89.4. The summed E-state index contributed by atoms with van der Waals surface area (Å²) in [6.07, 6.45) is 80.9. The van der Waals surface area contributed by atoms with E-state index in [2.05, 4.69) is 34.6 Å². The Morgan fingerprint density at radius 2 is 0.352 bits per heavy atom. The number of hydrogen-bond donors (Lipinski definition) is 2. The molecule has 0 unspecified atom stereocenters. The highest BCUT2D eigenvalue weighted by Gasteiger charge is 2.20. The third-order valence-electron chi connectivity index (χ3n) is 18.1. The van der Waals surface area contributed by atoms with Crippen LogP contribution in [0.25, 0.3) is 0 Å². The van der Waals surface area contributed by atoms with Crippen LogP contribution in [0, 0.1) is 0 Å². The van der Waals surface area contributed by atoms with Gasteiger partial charge in [0.25, 0.3) is 0 Å². The van der Waals surface area contributed by atoms with Gasteiger partial charge in [0, 0.05) is 32.1 Å². The van der Waals surface area contributed by atoms with Crippen molar-refractivity contribution in [2.24, 2.45) is 0 Å². The van der Waals surface area contributed by atoms with Gasteiger partial charge in [-0.2, -0.15) is 0 Å². The van der Waals surface area contributed by atoms with E-state index in [4.69, 9.17) is 24.4 Å². The molecular weight excluding hydrogens is 1130 g/mol. The van der Waals surface area contributed by atoms with Crippen molar-refractivity contribution >= 4 is 29.8 Å². The smallest absolute Gasteiger partial charge is 0.306 e. The Kier molecular flexibility index (Phi) is 84.9. The SMILES string of the molecule is CCCCCCCCCCCC(=O)O.CCCCCCCCCCCC(=O)O.CCCCCCCCCCCCCCCCCC(=O)OCC(COC(=O)CCCCCCCCCCCCCCCCC)OC(=O)CCCCCCCCCCCCCCCCC. The molecule has 0 aliphatic carbocycles. The van der Waals surface area contributed by atoms with Crippen LogP contribution < -0.4 is 0 Å². The molecule has 0 amide bonds. The molecule has 0 spiro atoms. The Labute approximate surface area is 566 Å². The summed E-state index contributed by atoms with van der Waals surface area (Å²) >= 11 is 0. The number of unbranched alkanes of at least 4 members (excludes halogenated alkanes) is 58. The standard InChI is InChI=1S/C57H110O6.2C12H24O2/c1-4-7-10-13-16-19-22-25-28-31-34-37-40-43-46-49-55(58)61-52-54(63-57(60)51-48-45-42-39-36-33-30-27-24-21-18-15-12-9-6-3)53-62-56(59)50-47-44-41-38-35-32-29-26-23-20-17-14-11-8-5-2;2*1-2-3-4-5-6-7-8-9-10-11-12(13)14/h54H,4-53H2,1-3H3;2*2-11H2,1H3,(H,13,14). The number of hydrogen-bond acceptors (Lipinski definition) is 8. The lowest BCUT2D eigenvalue weighted by atomic mass is 10.0. The van der Waals surface area contributed by atoms with Gasteiger partial charge in [-0.3, -0.25) is 24.0 Å². The molecule has 0 radical (unpaired) electrons. The maximum Gasteiger partial charge on any atom is 0.306 e. The molecule has 0 aliphatic rings. The molecule has 91 heavy (non-hydrogen) atoms. The molecular formula is C81H158O10. The van der Waals surface area contributed by atoms with E-state index in [1.807, 2.05) is 0 Å². The van der Waals surface area contributed by atoms with Gasteiger partial charge in [-0.25, -0.2) is 0 Å². The van der Waals surface area contributed by atoms with Gasteiger partial charge in [0.1, 0.15) is 13.2 Å². The number of rotatable bonds is 73. The molecule has 0 atom stereocenters. The fourth-order valence-electron chi connectivity index (χ4n) is 12.0. The zero-order valence-corrected chi connectivity index (χ0v) is 61.7. The van der Waals surface area contributed by atoms with Crippen LogP contribution in [0.15, 0.2) is 0 Å². The molecule has 10 nitrogen and oxygen atoms in total. The number of carboxylic acids is 2. The lowest BCUT2D eigenvalue weighted by molar-refractivity contribution is -0.167. The van der Waals surface area contributed by atoms with Crippen molar-refractivity contribution in [3.8, 4) is 0 Å². The minimum absolute atomic E-state index is 0.0611. The number of carbonyl (C=O) groups excluding carboxylic acids is 3. The zero-order chi connectivity index (χ0) is 67.1. The van der Waals surface area contributed by atoms with E-state index in [1.165, 1.54) is 321 Å². The molecule has 0 heterocycles. The van der Waals surface area contributed by atoms with E-state index in [0.29, 0.717) is 32.1 Å². The van der Waals surface area contributed by atoms with Gasteiger partial charge in [-0.05, 0) is 32.1 Å². The molecule has 0 saturated heterocycles. The average Bonchev–Trinajstić information content (AvgIpc) is 3.58. The lowest BCUT2D eigenvalue weighted by Gasteiger charge is -2.18. The van der Waals surface area contributed by atoms with Crippen molar-refractivity contribution in [3.05, 3.63) is 0 Å². The second-order valence-electron chi connectivity index (χ2n) is 27.5. The van der Waals surface area contributed by atoms with Gasteiger partial charge in [-0.1, -0.05) is 407 Å². The molecule has 0 aromatic rings. The summed E-state index contributed by atoms with van der Waals surface area (Å²) < 4.78 is 16.9. The zero-order valence-electron chi connectivity index (χ0n) is 61.7. The highest BCUT2D eigenvalue weighted by atomic mass is 16.6. The highest BCUT2D eigenvalue weighted by Crippen LogP contribution is 2.19. The number of aliphatic carboxylic acids is 2. The molecule has 0 bridgehead atoms. The summed E-state index contributed by atoms with van der Waals surface area (Å²) in [5.41, 5.74) is 0. The summed E-state index contributed by atoms with van der Waals surface area (Å²) in [6.45, 7) is 11.2. The Balaban J connectivity index is -0.00000225. The molecule has 0 aromatic heterocycles. The molecule has 0 fully saturated rings. The number of carboxylic acid groups (broad SMARTS) is 2. The molecule has 10 heteroatoms. The topological polar surface area (TPSA) is 153 Å². The van der Waals surface area contributed by atoms with Gasteiger partial charge in [0.2, 0.25) is 0 Å². The minimum atomic E-state index is -0.760. The van der Waals surface area contributed by atoms with Crippen LogP contribution in [0.3, 0.4) is 0 Å². The van der Waals surface area contributed by atoms with E-state index in [0.717, 1.165) is 83.5 Å². The van der Waals surface area contributed by atoms with E-state index < -0.39 is 18.0 Å². The first kappa shape index (κ1) is 92.5. The molecule has 542 valence electrons. The third-order valence-corrected chi connectivity index (χ3v) is 18.1. The van der Waals surface area contributed by atoms with Gasteiger partial charge < -0.3 is 24.4 Å². The van der Waals surface area contributed by atoms with Gasteiger partial charge in [0.15, 0.2) is 6.10 Å². The quantitative estimate of drug-likeness (QED) is 0.0342. The first-order chi connectivity index (χ1) is 44.6. The molecule has 0 rings (SSSR count). The number of ether oxygens (including phenoxy) is 3. The van der Waals surface area contributed by atoms with Gasteiger partial charge in [-0.15, -0.1) is 0 Å². The fraction of sp³-hybridized carbons (Fsp3) is 0.938.